The van der Waals surface area contributed by atoms with Crippen LogP contribution in [0, 0.1) is 0 Å². The molecule has 0 amide bonds. The van der Waals surface area contributed by atoms with Gasteiger partial charge in [0.05, 0.1) is 0 Å². The molecule has 0 heterocycles. The Morgan fingerprint density at radius 3 is 2.53 bits per heavy atom. The van der Waals surface area contributed by atoms with Crippen LogP contribution in [0.15, 0.2) is 0 Å². The molecule has 0 aromatic carbocycles. The van der Waals surface area contributed by atoms with Crippen molar-refractivity contribution >= 4 is 0 Å². The van der Waals surface area contributed by atoms with E-state index in [1.165, 1.54) is 51.6 Å². The molecular weight excluding hydrogens is 184 g/mol. The fourth-order valence-electron chi connectivity index (χ4n) is 2.73. The zero-order valence-corrected chi connectivity index (χ0v) is 10.8. The Morgan fingerprint density at radius 2 is 1.87 bits per heavy atom. The summed E-state index contributed by atoms with van der Waals surface area (Å²) in [5.41, 5.74) is 0. The van der Waals surface area contributed by atoms with Gasteiger partial charge in [0.25, 0.3) is 0 Å². The maximum absolute atomic E-state index is 3.72. The second-order valence-electron chi connectivity index (χ2n) is 4.89. The first-order chi connectivity index (χ1) is 7.29. The van der Waals surface area contributed by atoms with E-state index in [-0.39, 0.29) is 0 Å². The Balaban J connectivity index is 2.41. The summed E-state index contributed by atoms with van der Waals surface area (Å²) in [5, 5.41) is 3.72. The summed E-state index contributed by atoms with van der Waals surface area (Å²) in [6, 6.07) is 1.53. The summed E-state index contributed by atoms with van der Waals surface area (Å²) >= 11 is 0. The molecule has 2 unspecified atom stereocenters. The van der Waals surface area contributed by atoms with Gasteiger partial charge in [-0.25, -0.2) is 0 Å². The summed E-state index contributed by atoms with van der Waals surface area (Å²) in [4.78, 5) is 2.56. The topological polar surface area (TPSA) is 15.3 Å². The normalized spacial score (nSPS) is 27.2. The highest BCUT2D eigenvalue weighted by Gasteiger charge is 2.26. The fraction of sp³-hybridized carbons (Fsp3) is 1.00. The van der Waals surface area contributed by atoms with Gasteiger partial charge < -0.3 is 10.2 Å². The third-order valence-corrected chi connectivity index (χ3v) is 3.53. The van der Waals surface area contributed by atoms with Gasteiger partial charge in [0.2, 0.25) is 0 Å². The maximum atomic E-state index is 3.72. The lowest BCUT2D eigenvalue weighted by molar-refractivity contribution is 0.150. The highest BCUT2D eigenvalue weighted by Crippen LogP contribution is 2.22. The van der Waals surface area contributed by atoms with E-state index in [1.807, 2.05) is 0 Å². The van der Waals surface area contributed by atoms with Crippen LogP contribution in [0.4, 0.5) is 0 Å². The third-order valence-electron chi connectivity index (χ3n) is 3.53. The molecule has 0 radical (unpaired) electrons. The van der Waals surface area contributed by atoms with Gasteiger partial charge in [0.15, 0.2) is 0 Å². The van der Waals surface area contributed by atoms with Crippen molar-refractivity contribution in [3.05, 3.63) is 0 Å². The van der Waals surface area contributed by atoms with Crippen LogP contribution in [0.1, 0.15) is 52.4 Å². The Morgan fingerprint density at radius 1 is 1.13 bits per heavy atom. The van der Waals surface area contributed by atoms with Crippen molar-refractivity contribution < 1.29 is 0 Å². The average Bonchev–Trinajstić information content (AvgIpc) is 2.27. The molecule has 0 aromatic rings. The van der Waals surface area contributed by atoms with Gasteiger partial charge in [-0.05, 0) is 45.8 Å². The number of hydrogen-bond acceptors (Lipinski definition) is 2. The molecule has 15 heavy (non-hydrogen) atoms. The SMILES string of the molecule is CCCNC1CCCCC1N(C)CCC. The van der Waals surface area contributed by atoms with Crippen molar-refractivity contribution in [2.75, 3.05) is 20.1 Å². The minimum atomic E-state index is 0.746. The standard InChI is InChI=1S/C13H28N2/c1-4-10-14-12-8-6-7-9-13(12)15(3)11-5-2/h12-14H,4-11H2,1-3H3. The summed E-state index contributed by atoms with van der Waals surface area (Å²) < 4.78 is 0. The van der Waals surface area contributed by atoms with Gasteiger partial charge >= 0.3 is 0 Å². The number of likely N-dealkylation sites (N-methyl/N-ethyl adjacent to an activating group) is 1. The summed E-state index contributed by atoms with van der Waals surface area (Å²) in [5.74, 6) is 0. The van der Waals surface area contributed by atoms with E-state index in [9.17, 15) is 0 Å². The van der Waals surface area contributed by atoms with Crippen molar-refractivity contribution in [3.8, 4) is 0 Å². The lowest BCUT2D eigenvalue weighted by Gasteiger charge is -2.38. The summed E-state index contributed by atoms with van der Waals surface area (Å²) in [6.07, 6.45) is 8.12. The van der Waals surface area contributed by atoms with Crippen LogP contribution >= 0.6 is 0 Å². The van der Waals surface area contributed by atoms with Crippen molar-refractivity contribution in [2.45, 2.75) is 64.5 Å². The minimum absolute atomic E-state index is 0.746. The molecule has 1 fully saturated rings. The number of hydrogen-bond donors (Lipinski definition) is 1. The maximum Gasteiger partial charge on any atom is 0.0246 e. The molecule has 0 aromatic heterocycles. The first-order valence-corrected chi connectivity index (χ1v) is 6.73. The molecule has 1 rings (SSSR count). The highest BCUT2D eigenvalue weighted by atomic mass is 15.2. The largest absolute Gasteiger partial charge is 0.312 e. The molecule has 1 aliphatic carbocycles. The summed E-state index contributed by atoms with van der Waals surface area (Å²) in [6.45, 7) is 6.95. The summed E-state index contributed by atoms with van der Waals surface area (Å²) in [7, 11) is 2.29. The zero-order valence-electron chi connectivity index (χ0n) is 10.8. The molecular formula is C13H28N2. The third kappa shape index (κ3) is 4.12. The number of rotatable bonds is 6. The molecule has 2 atom stereocenters. The molecule has 0 saturated heterocycles. The predicted molar refractivity (Wildman–Crippen MR) is 67.3 cm³/mol. The predicted octanol–water partition coefficient (Wildman–Crippen LogP) is 2.64. The van der Waals surface area contributed by atoms with Gasteiger partial charge in [0, 0.05) is 12.1 Å². The van der Waals surface area contributed by atoms with E-state index in [2.05, 4.69) is 31.1 Å². The van der Waals surface area contributed by atoms with Crippen LogP contribution in [-0.2, 0) is 0 Å². The quantitative estimate of drug-likeness (QED) is 0.728. The zero-order chi connectivity index (χ0) is 11.1. The van der Waals surface area contributed by atoms with Crippen LogP contribution in [0.25, 0.3) is 0 Å². The lowest BCUT2D eigenvalue weighted by Crippen LogP contribution is -2.50. The molecule has 1 saturated carbocycles. The first kappa shape index (κ1) is 13.0. The second kappa shape index (κ2) is 7.24. The Bertz CT molecular complexity index is 159. The van der Waals surface area contributed by atoms with E-state index >= 15 is 0 Å². The van der Waals surface area contributed by atoms with Crippen molar-refractivity contribution in [2.24, 2.45) is 0 Å². The molecule has 2 nitrogen and oxygen atoms in total. The van der Waals surface area contributed by atoms with E-state index in [0.29, 0.717) is 0 Å². The Kier molecular flexibility index (Phi) is 6.26. The van der Waals surface area contributed by atoms with Crippen LogP contribution in [0.2, 0.25) is 0 Å². The molecule has 1 aliphatic rings. The number of nitrogens with one attached hydrogen (secondary N) is 1. The molecule has 2 heteroatoms. The number of nitrogens with zero attached hydrogens (tertiary/aromatic N) is 1. The van der Waals surface area contributed by atoms with E-state index in [1.54, 1.807) is 0 Å². The second-order valence-corrected chi connectivity index (χ2v) is 4.89. The first-order valence-electron chi connectivity index (χ1n) is 6.73. The van der Waals surface area contributed by atoms with Crippen molar-refractivity contribution in [1.29, 1.82) is 0 Å². The highest BCUT2D eigenvalue weighted by molar-refractivity contribution is 4.86. The molecule has 0 aliphatic heterocycles. The monoisotopic (exact) mass is 212 g/mol. The van der Waals surface area contributed by atoms with Crippen LogP contribution in [-0.4, -0.2) is 37.1 Å². The Labute approximate surface area is 95.4 Å². The van der Waals surface area contributed by atoms with Gasteiger partial charge in [-0.15, -0.1) is 0 Å². The van der Waals surface area contributed by atoms with E-state index in [4.69, 9.17) is 0 Å². The van der Waals surface area contributed by atoms with E-state index in [0.717, 1.165) is 12.1 Å². The lowest BCUT2D eigenvalue weighted by atomic mass is 9.89. The molecule has 90 valence electrons. The van der Waals surface area contributed by atoms with Crippen molar-refractivity contribution in [1.82, 2.24) is 10.2 Å². The molecule has 1 N–H and O–H groups in total. The van der Waals surface area contributed by atoms with Crippen LogP contribution in [0.3, 0.4) is 0 Å². The molecule has 0 spiro atoms. The Hall–Kier alpha value is -0.0800. The van der Waals surface area contributed by atoms with Gasteiger partial charge in [-0.1, -0.05) is 26.7 Å². The van der Waals surface area contributed by atoms with E-state index < -0.39 is 0 Å². The fourth-order valence-corrected chi connectivity index (χ4v) is 2.73. The van der Waals surface area contributed by atoms with Crippen LogP contribution < -0.4 is 5.32 Å². The smallest absolute Gasteiger partial charge is 0.0246 e. The van der Waals surface area contributed by atoms with Gasteiger partial charge in [-0.2, -0.15) is 0 Å². The van der Waals surface area contributed by atoms with Gasteiger partial charge in [-0.3, -0.25) is 0 Å². The van der Waals surface area contributed by atoms with Crippen LogP contribution in [0.5, 0.6) is 0 Å². The average molecular weight is 212 g/mol. The van der Waals surface area contributed by atoms with Gasteiger partial charge in [0.1, 0.15) is 0 Å². The molecule has 0 bridgehead atoms. The minimum Gasteiger partial charge on any atom is -0.312 e. The van der Waals surface area contributed by atoms with Crippen molar-refractivity contribution in [3.63, 3.8) is 0 Å².